The van der Waals surface area contributed by atoms with Gasteiger partial charge in [-0.25, -0.2) is 0 Å². The van der Waals surface area contributed by atoms with Gasteiger partial charge in [0.25, 0.3) is 0 Å². The molecular formula is C45H36O8. The Kier molecular flexibility index (Phi) is 5.58. The molecule has 0 aliphatic heterocycles. The first-order chi connectivity index (χ1) is 26.1. The molecule has 0 aromatic heterocycles. The van der Waals surface area contributed by atoms with E-state index in [-0.39, 0.29) is 38.3 Å². The van der Waals surface area contributed by atoms with Gasteiger partial charge in [-0.05, 0) is 123 Å². The van der Waals surface area contributed by atoms with Crippen LogP contribution in [0.2, 0.25) is 0 Å². The second-order valence-electron chi connectivity index (χ2n) is 16.1. The molecule has 0 spiro atoms. The van der Waals surface area contributed by atoms with Gasteiger partial charge in [-0.15, -0.1) is 0 Å². The number of ether oxygens (including phenoxy) is 6. The zero-order valence-electron chi connectivity index (χ0n) is 29.6. The number of fused-ring (bicyclic) bond motifs is 3. The van der Waals surface area contributed by atoms with Crippen LogP contribution in [-0.4, -0.2) is 79.0 Å². The molecule has 264 valence electrons. The zero-order chi connectivity index (χ0) is 35.1. The second-order valence-corrected chi connectivity index (χ2v) is 16.1. The van der Waals surface area contributed by atoms with Crippen molar-refractivity contribution in [1.29, 1.82) is 0 Å². The molecule has 8 heteroatoms. The fraction of sp³-hybridized carbons (Fsp3) is 0.378. The summed E-state index contributed by atoms with van der Waals surface area (Å²) >= 11 is 0. The van der Waals surface area contributed by atoms with Gasteiger partial charge in [0.1, 0.15) is 13.2 Å². The van der Waals surface area contributed by atoms with E-state index in [1.807, 2.05) is 0 Å². The minimum Gasteiger partial charge on any atom is -0.462 e. The van der Waals surface area contributed by atoms with Crippen LogP contribution < -0.4 is 0 Å². The van der Waals surface area contributed by atoms with E-state index < -0.39 is 17.4 Å². The van der Waals surface area contributed by atoms with Crippen molar-refractivity contribution in [3.63, 3.8) is 0 Å². The summed E-state index contributed by atoms with van der Waals surface area (Å²) in [6.45, 7) is 2.22. The molecule has 0 bridgehead atoms. The standard InChI is InChI=1S/C45H36O8/c1-48-5-7-50-9-11-52-43(46)45(44(47)53-12-10-51-8-6-49-2)41-25-17-23-15-21-13-19-3-4-20-14-22-16-24-18-26(42(41)45)34-33(25)37-31(23)29(21)35-27(19)28(20)36-30(22)32(24)38(34)40(37)39(35)36/h3-4,13-14,17-19,27,41-42H,5-12,15-16H2,1-2H3. The molecule has 53 heavy (non-hydrogen) atoms. The summed E-state index contributed by atoms with van der Waals surface area (Å²) in [5, 5.41) is 11.3. The summed E-state index contributed by atoms with van der Waals surface area (Å²) in [7, 11) is 3.24. The molecule has 0 radical (unpaired) electrons. The predicted molar refractivity (Wildman–Crippen MR) is 200 cm³/mol. The molecule has 4 atom stereocenters. The maximum Gasteiger partial charge on any atom is 0.324 e. The van der Waals surface area contributed by atoms with Crippen LogP contribution in [0.4, 0.5) is 0 Å². The largest absolute Gasteiger partial charge is 0.462 e. The van der Waals surface area contributed by atoms with Crippen LogP contribution in [0.25, 0.3) is 65.9 Å². The molecule has 8 nitrogen and oxygen atoms in total. The van der Waals surface area contributed by atoms with E-state index in [9.17, 15) is 9.59 Å². The van der Waals surface area contributed by atoms with Crippen molar-refractivity contribution >= 4 is 66.7 Å². The van der Waals surface area contributed by atoms with Crippen LogP contribution in [0.1, 0.15) is 67.8 Å². The fourth-order valence-corrected chi connectivity index (χ4v) is 12.3. The van der Waals surface area contributed by atoms with Crippen molar-refractivity contribution in [2.75, 3.05) is 67.1 Å². The second kappa shape index (κ2) is 9.93. The number of allylic oxidation sites excluding steroid dienone is 3. The van der Waals surface area contributed by atoms with Crippen LogP contribution in [0.5, 0.6) is 0 Å². The quantitative estimate of drug-likeness (QED) is 0.0528. The van der Waals surface area contributed by atoms with E-state index in [0.29, 0.717) is 38.3 Å². The first-order valence-corrected chi connectivity index (χ1v) is 19.1. The highest BCUT2D eigenvalue weighted by molar-refractivity contribution is 6.45. The van der Waals surface area contributed by atoms with Gasteiger partial charge in [0.05, 0.1) is 39.6 Å². The Balaban J connectivity index is 1.03. The van der Waals surface area contributed by atoms with Gasteiger partial charge in [-0.3, -0.25) is 9.59 Å². The molecule has 0 amide bonds. The molecule has 13 rings (SSSR count). The molecule has 0 saturated heterocycles. The third kappa shape index (κ3) is 3.21. The SMILES string of the molecule is COCCOCCOC(=O)C1(C(=O)OCCOCCOC)C2c3cc4c5c6c7c8c9c%10c(cc%11c9c9c(cc(c%12c9c8c5c3-%12)C21)C%11)C=CC(C=C6C4)C%107. The van der Waals surface area contributed by atoms with E-state index >= 15 is 0 Å². The van der Waals surface area contributed by atoms with Crippen molar-refractivity contribution in [2.45, 2.75) is 30.6 Å². The number of benzene rings is 5. The van der Waals surface area contributed by atoms with Crippen LogP contribution in [0.15, 0.2) is 30.4 Å². The van der Waals surface area contributed by atoms with Crippen LogP contribution in [0.3, 0.4) is 0 Å². The Morgan fingerprint density at radius 1 is 0.623 bits per heavy atom. The number of hydrogen-bond donors (Lipinski definition) is 0. The first-order valence-electron chi connectivity index (χ1n) is 19.1. The van der Waals surface area contributed by atoms with Crippen molar-refractivity contribution in [2.24, 2.45) is 11.3 Å². The molecule has 4 unspecified atom stereocenters. The Bertz CT molecular complexity index is 2710. The Hall–Kier alpha value is -4.60. The van der Waals surface area contributed by atoms with Crippen LogP contribution in [-0.2, 0) is 50.9 Å². The third-order valence-electron chi connectivity index (χ3n) is 14.0. The highest BCUT2D eigenvalue weighted by Crippen LogP contribution is 2.79. The predicted octanol–water partition coefficient (Wildman–Crippen LogP) is 6.82. The van der Waals surface area contributed by atoms with E-state index in [1.54, 1.807) is 19.8 Å². The summed E-state index contributed by atoms with van der Waals surface area (Å²) in [6.07, 6.45) is 9.09. The topological polar surface area (TPSA) is 89.5 Å². The summed E-state index contributed by atoms with van der Waals surface area (Å²) in [4.78, 5) is 29.3. The number of methoxy groups -OCH3 is 2. The fourth-order valence-electron chi connectivity index (χ4n) is 12.3. The van der Waals surface area contributed by atoms with Crippen molar-refractivity contribution in [1.82, 2.24) is 0 Å². The normalized spacial score (nSPS) is 23.2. The highest BCUT2D eigenvalue weighted by atomic mass is 16.6. The summed E-state index contributed by atoms with van der Waals surface area (Å²) in [6, 6.07) is 7.17. The van der Waals surface area contributed by atoms with Gasteiger partial charge < -0.3 is 28.4 Å². The third-order valence-corrected chi connectivity index (χ3v) is 14.0. The van der Waals surface area contributed by atoms with Gasteiger partial charge >= 0.3 is 11.9 Å². The molecule has 1 fully saturated rings. The lowest BCUT2D eigenvalue weighted by molar-refractivity contribution is -0.167. The molecule has 8 aliphatic rings. The lowest BCUT2D eigenvalue weighted by Crippen LogP contribution is -2.34. The lowest BCUT2D eigenvalue weighted by atomic mass is 9.71. The van der Waals surface area contributed by atoms with Gasteiger partial charge in [0.15, 0.2) is 5.41 Å². The van der Waals surface area contributed by atoms with E-state index in [0.717, 1.165) is 24.0 Å². The van der Waals surface area contributed by atoms with Gasteiger partial charge in [-0.1, -0.05) is 36.4 Å². The molecule has 5 aromatic rings. The van der Waals surface area contributed by atoms with E-state index in [2.05, 4.69) is 36.4 Å². The van der Waals surface area contributed by atoms with E-state index in [1.165, 1.54) is 93.2 Å². The Morgan fingerprint density at radius 2 is 1.21 bits per heavy atom. The Morgan fingerprint density at radius 3 is 1.89 bits per heavy atom. The maximum atomic E-state index is 14.6. The highest BCUT2D eigenvalue weighted by Gasteiger charge is 2.79. The van der Waals surface area contributed by atoms with Gasteiger partial charge in [0, 0.05) is 37.9 Å². The average Bonchev–Trinajstić information content (AvgIpc) is 3.46. The Labute approximate surface area is 304 Å². The summed E-state index contributed by atoms with van der Waals surface area (Å²) in [5.74, 6) is -1.12. The number of esters is 2. The van der Waals surface area contributed by atoms with Crippen molar-refractivity contribution in [3.8, 4) is 11.1 Å². The molecular weight excluding hydrogens is 668 g/mol. The first kappa shape index (κ1) is 29.8. The van der Waals surface area contributed by atoms with Crippen molar-refractivity contribution in [3.05, 3.63) is 80.4 Å². The number of carbonyl (C=O) groups excluding carboxylic acids is 2. The van der Waals surface area contributed by atoms with E-state index in [4.69, 9.17) is 28.4 Å². The number of hydrogen-bond acceptors (Lipinski definition) is 8. The number of carbonyl (C=O) groups is 2. The van der Waals surface area contributed by atoms with Crippen LogP contribution >= 0.6 is 0 Å². The molecule has 0 N–H and O–H groups in total. The molecule has 5 aromatic carbocycles. The zero-order valence-corrected chi connectivity index (χ0v) is 29.6. The summed E-state index contributed by atoms with van der Waals surface area (Å²) < 4.78 is 33.5. The smallest absolute Gasteiger partial charge is 0.324 e. The lowest BCUT2D eigenvalue weighted by Gasteiger charge is -2.31. The average molecular weight is 705 g/mol. The molecule has 0 heterocycles. The monoisotopic (exact) mass is 704 g/mol. The molecule has 8 aliphatic carbocycles. The minimum absolute atomic E-state index is 0.0438. The number of rotatable bonds is 14. The van der Waals surface area contributed by atoms with Gasteiger partial charge in [0.2, 0.25) is 0 Å². The summed E-state index contributed by atoms with van der Waals surface area (Å²) in [5.41, 5.74) is 14.6. The maximum absolute atomic E-state index is 14.6. The van der Waals surface area contributed by atoms with Crippen molar-refractivity contribution < 1.29 is 38.0 Å². The minimum atomic E-state index is -1.50. The molecule has 1 saturated carbocycles. The van der Waals surface area contributed by atoms with Crippen LogP contribution in [0, 0.1) is 11.3 Å². The van der Waals surface area contributed by atoms with Gasteiger partial charge in [-0.2, -0.15) is 0 Å².